The Balaban J connectivity index is 2.93. The van der Waals surface area contributed by atoms with E-state index in [1.165, 1.54) is 0 Å². The molecule has 5 heteroatoms. The molecule has 0 unspecified atom stereocenters. The van der Waals surface area contributed by atoms with E-state index in [1.807, 2.05) is 0 Å². The van der Waals surface area contributed by atoms with Crippen LogP contribution >= 0.6 is 11.6 Å². The highest BCUT2D eigenvalue weighted by Gasteiger charge is 2.04. The van der Waals surface area contributed by atoms with E-state index in [4.69, 9.17) is 11.6 Å². The Hall–Kier alpha value is -0.900. The molecular weight excluding hydrogens is 131 g/mol. The van der Waals surface area contributed by atoms with Crippen molar-refractivity contribution in [2.24, 2.45) is 0 Å². The highest BCUT2D eigenvalue weighted by Crippen LogP contribution is 1.95. The maximum absolute atomic E-state index is 10.1. The van der Waals surface area contributed by atoms with E-state index in [-0.39, 0.29) is 5.89 Å². The van der Waals surface area contributed by atoms with E-state index in [1.54, 1.807) is 0 Å². The minimum absolute atomic E-state index is 0.174. The molecule has 0 aliphatic rings. The van der Waals surface area contributed by atoms with Crippen molar-refractivity contribution < 1.29 is 9.21 Å². The number of carbonyl (C=O) groups is 1. The van der Waals surface area contributed by atoms with Gasteiger partial charge in [0, 0.05) is 0 Å². The second-order valence-corrected chi connectivity index (χ2v) is 1.36. The van der Waals surface area contributed by atoms with Gasteiger partial charge in [0.05, 0.1) is 0 Å². The fourth-order valence-electron chi connectivity index (χ4n) is 0.259. The van der Waals surface area contributed by atoms with Crippen LogP contribution in [0.1, 0.15) is 10.7 Å². The summed E-state index contributed by atoms with van der Waals surface area (Å²) in [7, 11) is 0. The van der Waals surface area contributed by atoms with Gasteiger partial charge in [-0.3, -0.25) is 4.79 Å². The Bertz CT molecular complexity index is 183. The van der Waals surface area contributed by atoms with Crippen LogP contribution in [0.25, 0.3) is 0 Å². The summed E-state index contributed by atoms with van der Waals surface area (Å²) in [4.78, 5) is 10.1. The molecule has 1 rings (SSSR count). The van der Waals surface area contributed by atoms with Gasteiger partial charge in [-0.05, 0) is 11.6 Å². The highest BCUT2D eigenvalue weighted by atomic mass is 35.5. The van der Waals surface area contributed by atoms with Crippen LogP contribution in [-0.2, 0) is 0 Å². The maximum Gasteiger partial charge on any atom is 0.309 e. The summed E-state index contributed by atoms with van der Waals surface area (Å²) in [6.07, 6.45) is 1.04. The van der Waals surface area contributed by atoms with Crippen LogP contribution in [0.15, 0.2) is 10.8 Å². The van der Waals surface area contributed by atoms with Crippen LogP contribution in [0, 0.1) is 0 Å². The van der Waals surface area contributed by atoms with Crippen LogP contribution in [0.4, 0.5) is 0 Å². The van der Waals surface area contributed by atoms with Crippen LogP contribution < -0.4 is 0 Å². The quantitative estimate of drug-likeness (QED) is 0.521. The van der Waals surface area contributed by atoms with Gasteiger partial charge in [-0.15, -0.1) is 10.2 Å². The molecule has 8 heavy (non-hydrogen) atoms. The van der Waals surface area contributed by atoms with Crippen molar-refractivity contribution in [1.82, 2.24) is 10.2 Å². The molecule has 0 saturated carbocycles. The molecule has 0 atom stereocenters. The molecule has 0 spiro atoms. The molecule has 0 fully saturated rings. The Kier molecular flexibility index (Phi) is 1.26. The summed E-state index contributed by atoms with van der Waals surface area (Å²) in [6, 6.07) is 0. The van der Waals surface area contributed by atoms with E-state index in [2.05, 4.69) is 14.6 Å². The second kappa shape index (κ2) is 1.92. The summed E-state index contributed by atoms with van der Waals surface area (Å²) in [6.45, 7) is 0. The zero-order valence-corrected chi connectivity index (χ0v) is 4.42. The predicted molar refractivity (Wildman–Crippen MR) is 24.5 cm³/mol. The summed E-state index contributed by atoms with van der Waals surface area (Å²) in [5, 5.41) is 5.71. The standard InChI is InChI=1S/C3HClN2O2/c4-2(7)3-6-5-1-8-3/h1H. The lowest BCUT2D eigenvalue weighted by Gasteiger charge is -1.73. The van der Waals surface area contributed by atoms with E-state index < -0.39 is 5.24 Å². The summed E-state index contributed by atoms with van der Waals surface area (Å²) in [5.41, 5.74) is 0. The molecule has 1 aromatic rings. The number of aromatic nitrogens is 2. The van der Waals surface area contributed by atoms with E-state index in [0.29, 0.717) is 0 Å². The third-order valence-corrected chi connectivity index (χ3v) is 0.690. The van der Waals surface area contributed by atoms with Crippen molar-refractivity contribution >= 4 is 16.8 Å². The Morgan fingerprint density at radius 2 is 2.62 bits per heavy atom. The molecule has 1 heterocycles. The molecule has 0 saturated heterocycles. The number of rotatable bonds is 1. The zero-order valence-electron chi connectivity index (χ0n) is 3.67. The Morgan fingerprint density at radius 3 is 2.88 bits per heavy atom. The first-order valence-corrected chi connectivity index (χ1v) is 2.14. The molecule has 0 bridgehead atoms. The monoisotopic (exact) mass is 132 g/mol. The molecule has 1 aromatic heterocycles. The molecule has 0 radical (unpaired) electrons. The lowest BCUT2D eigenvalue weighted by molar-refractivity contribution is 0.105. The number of nitrogens with zero attached hydrogens (tertiary/aromatic N) is 2. The minimum Gasteiger partial charge on any atom is -0.420 e. The van der Waals surface area contributed by atoms with Crippen molar-refractivity contribution in [3.05, 3.63) is 12.3 Å². The first-order chi connectivity index (χ1) is 3.80. The lowest BCUT2D eigenvalue weighted by Crippen LogP contribution is -1.86. The predicted octanol–water partition coefficient (Wildman–Crippen LogP) is 0.449. The van der Waals surface area contributed by atoms with E-state index in [0.717, 1.165) is 6.39 Å². The molecule has 0 aromatic carbocycles. The molecule has 42 valence electrons. The summed E-state index contributed by atoms with van der Waals surface area (Å²) >= 11 is 4.91. The number of hydrogen-bond acceptors (Lipinski definition) is 4. The van der Waals surface area contributed by atoms with Gasteiger partial charge in [0.1, 0.15) is 0 Å². The van der Waals surface area contributed by atoms with Crippen molar-refractivity contribution in [2.45, 2.75) is 0 Å². The van der Waals surface area contributed by atoms with Gasteiger partial charge in [-0.1, -0.05) is 0 Å². The second-order valence-electron chi connectivity index (χ2n) is 1.02. The topological polar surface area (TPSA) is 56.0 Å². The molecule has 0 aliphatic heterocycles. The number of halogens is 1. The van der Waals surface area contributed by atoms with Crippen molar-refractivity contribution in [3.63, 3.8) is 0 Å². The average Bonchev–Trinajstić information content (AvgIpc) is 2.12. The third-order valence-electron chi connectivity index (χ3n) is 0.528. The van der Waals surface area contributed by atoms with Gasteiger partial charge in [-0.2, -0.15) is 0 Å². The normalized spacial score (nSPS) is 9.12. The fourth-order valence-corrected chi connectivity index (χ4v) is 0.341. The minimum atomic E-state index is -0.734. The lowest BCUT2D eigenvalue weighted by atomic mass is 10.8. The number of hydrogen-bond donors (Lipinski definition) is 0. The molecule has 0 N–H and O–H groups in total. The van der Waals surface area contributed by atoms with Crippen molar-refractivity contribution in [2.75, 3.05) is 0 Å². The van der Waals surface area contributed by atoms with Crippen LogP contribution in [-0.4, -0.2) is 15.4 Å². The van der Waals surface area contributed by atoms with Gasteiger partial charge >= 0.3 is 11.1 Å². The molecule has 0 aliphatic carbocycles. The van der Waals surface area contributed by atoms with Crippen molar-refractivity contribution in [3.8, 4) is 0 Å². The maximum atomic E-state index is 10.1. The molecule has 0 amide bonds. The van der Waals surface area contributed by atoms with Crippen LogP contribution in [0.5, 0.6) is 0 Å². The summed E-state index contributed by atoms with van der Waals surface area (Å²) in [5.74, 6) is -0.174. The van der Waals surface area contributed by atoms with Gasteiger partial charge < -0.3 is 4.42 Å². The first kappa shape index (κ1) is 5.24. The van der Waals surface area contributed by atoms with Crippen LogP contribution in [0.2, 0.25) is 0 Å². The van der Waals surface area contributed by atoms with Gasteiger partial charge in [0.25, 0.3) is 0 Å². The van der Waals surface area contributed by atoms with Crippen LogP contribution in [0.3, 0.4) is 0 Å². The number of carbonyl (C=O) groups excluding carboxylic acids is 1. The molecule has 4 nitrogen and oxygen atoms in total. The fraction of sp³-hybridized carbons (Fsp3) is 0. The highest BCUT2D eigenvalue weighted by molar-refractivity contribution is 6.67. The first-order valence-electron chi connectivity index (χ1n) is 1.76. The van der Waals surface area contributed by atoms with E-state index in [9.17, 15) is 4.79 Å². The molecular formula is C3HClN2O2. The van der Waals surface area contributed by atoms with Gasteiger partial charge in [-0.25, -0.2) is 0 Å². The van der Waals surface area contributed by atoms with E-state index >= 15 is 0 Å². The largest absolute Gasteiger partial charge is 0.420 e. The Labute approximate surface area is 49.5 Å². The average molecular weight is 133 g/mol. The summed E-state index contributed by atoms with van der Waals surface area (Å²) < 4.78 is 4.39. The Morgan fingerprint density at radius 1 is 1.88 bits per heavy atom. The van der Waals surface area contributed by atoms with Gasteiger partial charge in [0.2, 0.25) is 6.39 Å². The smallest absolute Gasteiger partial charge is 0.309 e. The van der Waals surface area contributed by atoms with Gasteiger partial charge in [0.15, 0.2) is 0 Å². The third kappa shape index (κ3) is 0.840. The van der Waals surface area contributed by atoms with Crippen molar-refractivity contribution in [1.29, 1.82) is 0 Å². The zero-order chi connectivity index (χ0) is 5.98. The SMILES string of the molecule is O=C(Cl)c1nnco1.